The molecule has 0 spiro atoms. The van der Waals surface area contributed by atoms with Gasteiger partial charge in [-0.3, -0.25) is 4.72 Å². The van der Waals surface area contributed by atoms with Gasteiger partial charge in [0.15, 0.2) is 0 Å². The first kappa shape index (κ1) is 21.8. The Morgan fingerprint density at radius 2 is 1.59 bits per heavy atom. The summed E-state index contributed by atoms with van der Waals surface area (Å²) >= 11 is 12.8. The highest BCUT2D eigenvalue weighted by Crippen LogP contribution is 2.38. The third kappa shape index (κ3) is 5.39. The summed E-state index contributed by atoms with van der Waals surface area (Å²) in [5.41, 5.74) is -1.08. The maximum Gasteiger partial charge on any atom is 0.417 e. The van der Waals surface area contributed by atoms with Crippen molar-refractivity contribution in [1.29, 1.82) is 0 Å². The molecular weight excluding hydrogens is 466 g/mol. The molecule has 152 valence electrons. The Balaban J connectivity index is 1.98. The number of benzene rings is 3. The smallest absolute Gasteiger partial charge is 0.278 e. The van der Waals surface area contributed by atoms with E-state index in [1.54, 1.807) is 12.1 Å². The lowest BCUT2D eigenvalue weighted by molar-refractivity contribution is -0.137. The monoisotopic (exact) mass is 477 g/mol. The van der Waals surface area contributed by atoms with Gasteiger partial charge in [-0.15, -0.1) is 0 Å². The summed E-state index contributed by atoms with van der Waals surface area (Å²) in [6, 6.07) is 16.2. The number of halogens is 5. The van der Waals surface area contributed by atoms with Crippen LogP contribution in [0.25, 0.3) is 0 Å². The van der Waals surface area contributed by atoms with E-state index in [1.165, 1.54) is 17.8 Å². The van der Waals surface area contributed by atoms with Crippen LogP contribution in [0, 0.1) is 0 Å². The summed E-state index contributed by atoms with van der Waals surface area (Å²) in [6.07, 6.45) is -4.78. The van der Waals surface area contributed by atoms with E-state index in [2.05, 4.69) is 4.72 Å². The van der Waals surface area contributed by atoms with Crippen LogP contribution in [-0.4, -0.2) is 8.42 Å². The van der Waals surface area contributed by atoms with Crippen molar-refractivity contribution in [2.75, 3.05) is 4.72 Å². The van der Waals surface area contributed by atoms with E-state index in [1.807, 2.05) is 30.3 Å². The van der Waals surface area contributed by atoms with Gasteiger partial charge in [0, 0.05) is 14.8 Å². The average Bonchev–Trinajstić information content (AvgIpc) is 2.64. The molecule has 1 N–H and O–H groups in total. The average molecular weight is 478 g/mol. The molecule has 3 aromatic carbocycles. The second kappa shape index (κ2) is 8.47. The van der Waals surface area contributed by atoms with Crippen LogP contribution in [0.15, 0.2) is 81.4 Å². The summed E-state index contributed by atoms with van der Waals surface area (Å²) in [7, 11) is -4.33. The van der Waals surface area contributed by atoms with Crippen LogP contribution < -0.4 is 4.72 Å². The van der Waals surface area contributed by atoms with Gasteiger partial charge in [-0.2, -0.15) is 13.2 Å². The number of hydrogen-bond donors (Lipinski definition) is 1. The molecule has 0 aliphatic carbocycles. The van der Waals surface area contributed by atoms with E-state index in [-0.39, 0.29) is 10.7 Å². The third-order valence-corrected chi connectivity index (χ3v) is 6.72. The standard InChI is InChI=1S/C19H12Cl2F3NO2S2/c20-12-6-9-18(28-13-4-2-1-3-5-13)17(10-12)25-29(26,27)14-7-8-16(21)15(11-14)19(22,23)24/h1-11,25H. The number of alkyl halides is 3. The zero-order valence-electron chi connectivity index (χ0n) is 14.4. The molecule has 0 saturated carbocycles. The fraction of sp³-hybridized carbons (Fsp3) is 0.0526. The molecule has 3 aromatic rings. The second-order valence-corrected chi connectivity index (χ2v) is 9.44. The molecule has 0 aliphatic heterocycles. The molecule has 0 aliphatic rings. The molecule has 3 rings (SSSR count). The van der Waals surface area contributed by atoms with E-state index in [0.717, 1.165) is 17.0 Å². The van der Waals surface area contributed by atoms with Crippen molar-refractivity contribution in [3.63, 3.8) is 0 Å². The highest BCUT2D eigenvalue weighted by atomic mass is 35.5. The largest absolute Gasteiger partial charge is 0.417 e. The Labute approximate surface area is 179 Å². The van der Waals surface area contributed by atoms with Crippen LogP contribution in [-0.2, 0) is 16.2 Å². The Kier molecular flexibility index (Phi) is 6.38. The Morgan fingerprint density at radius 3 is 2.24 bits per heavy atom. The summed E-state index contributed by atoms with van der Waals surface area (Å²) < 4.78 is 67.0. The molecule has 0 saturated heterocycles. The number of rotatable bonds is 5. The van der Waals surface area contributed by atoms with Gasteiger partial charge in [0.2, 0.25) is 0 Å². The first-order valence-electron chi connectivity index (χ1n) is 7.98. The molecule has 3 nitrogen and oxygen atoms in total. The van der Waals surface area contributed by atoms with Crippen molar-refractivity contribution in [3.8, 4) is 0 Å². The van der Waals surface area contributed by atoms with Crippen molar-refractivity contribution >= 4 is 50.7 Å². The zero-order valence-corrected chi connectivity index (χ0v) is 17.5. The molecule has 10 heteroatoms. The molecule has 0 heterocycles. The minimum atomic E-state index is -4.78. The number of anilines is 1. The first-order chi connectivity index (χ1) is 13.6. The minimum Gasteiger partial charge on any atom is -0.278 e. The van der Waals surface area contributed by atoms with E-state index >= 15 is 0 Å². The Bertz CT molecular complexity index is 1140. The SMILES string of the molecule is O=S(=O)(Nc1cc(Cl)ccc1Sc1ccccc1)c1ccc(Cl)c(C(F)(F)F)c1. The van der Waals surface area contributed by atoms with Gasteiger partial charge in [-0.25, -0.2) is 8.42 Å². The molecule has 0 unspecified atom stereocenters. The van der Waals surface area contributed by atoms with Crippen LogP contribution in [0.2, 0.25) is 10.0 Å². The van der Waals surface area contributed by atoms with Gasteiger partial charge in [0.1, 0.15) is 0 Å². The van der Waals surface area contributed by atoms with Crippen molar-refractivity contribution in [3.05, 3.63) is 82.3 Å². The van der Waals surface area contributed by atoms with E-state index in [4.69, 9.17) is 23.2 Å². The van der Waals surface area contributed by atoms with Gasteiger partial charge >= 0.3 is 6.18 Å². The lowest BCUT2D eigenvalue weighted by atomic mass is 10.2. The lowest BCUT2D eigenvalue weighted by Crippen LogP contribution is -2.15. The van der Waals surface area contributed by atoms with Crippen molar-refractivity contribution in [2.24, 2.45) is 0 Å². The van der Waals surface area contributed by atoms with E-state index in [0.29, 0.717) is 11.0 Å². The normalized spacial score (nSPS) is 12.0. The summed E-state index contributed by atoms with van der Waals surface area (Å²) in [5, 5.41) is -0.313. The van der Waals surface area contributed by atoms with Crippen molar-refractivity contribution in [1.82, 2.24) is 0 Å². The molecule has 0 fully saturated rings. The molecule has 0 radical (unpaired) electrons. The lowest BCUT2D eigenvalue weighted by Gasteiger charge is -2.15. The molecule has 0 atom stereocenters. The van der Waals surface area contributed by atoms with Gasteiger partial charge in [0.05, 0.1) is 21.2 Å². The fourth-order valence-corrected chi connectivity index (χ4v) is 4.84. The summed E-state index contributed by atoms with van der Waals surface area (Å²) in [6.45, 7) is 0. The van der Waals surface area contributed by atoms with E-state index in [9.17, 15) is 21.6 Å². The minimum absolute atomic E-state index is 0.148. The predicted molar refractivity (Wildman–Crippen MR) is 109 cm³/mol. The zero-order chi connectivity index (χ0) is 21.2. The van der Waals surface area contributed by atoms with Crippen LogP contribution in [0.3, 0.4) is 0 Å². The molecule has 0 aromatic heterocycles. The highest BCUT2D eigenvalue weighted by molar-refractivity contribution is 7.99. The van der Waals surface area contributed by atoms with Crippen LogP contribution >= 0.6 is 35.0 Å². The number of sulfonamides is 1. The molecule has 0 bridgehead atoms. The fourth-order valence-electron chi connectivity index (χ4n) is 2.38. The summed E-state index contributed by atoms with van der Waals surface area (Å²) in [4.78, 5) is 0.820. The van der Waals surface area contributed by atoms with Gasteiger partial charge in [-0.05, 0) is 48.5 Å². The molecule has 0 amide bonds. The van der Waals surface area contributed by atoms with Crippen molar-refractivity contribution < 1.29 is 21.6 Å². The molecular formula is C19H12Cl2F3NO2S2. The van der Waals surface area contributed by atoms with E-state index < -0.39 is 31.7 Å². The van der Waals surface area contributed by atoms with Crippen LogP contribution in [0.5, 0.6) is 0 Å². The van der Waals surface area contributed by atoms with Gasteiger partial charge in [-0.1, -0.05) is 53.2 Å². The quantitative estimate of drug-likeness (QED) is 0.431. The topological polar surface area (TPSA) is 46.2 Å². The maximum atomic E-state index is 13.1. The highest BCUT2D eigenvalue weighted by Gasteiger charge is 2.34. The second-order valence-electron chi connectivity index (χ2n) is 5.80. The van der Waals surface area contributed by atoms with Crippen LogP contribution in [0.4, 0.5) is 18.9 Å². The first-order valence-corrected chi connectivity index (χ1v) is 11.0. The number of hydrogen-bond acceptors (Lipinski definition) is 3. The number of nitrogens with one attached hydrogen (secondary N) is 1. The molecule has 29 heavy (non-hydrogen) atoms. The van der Waals surface area contributed by atoms with Crippen LogP contribution in [0.1, 0.15) is 5.56 Å². The predicted octanol–water partition coefficient (Wildman–Crippen LogP) is 6.96. The Hall–Kier alpha value is -1.87. The maximum absolute atomic E-state index is 13.1. The van der Waals surface area contributed by atoms with Gasteiger partial charge in [0.25, 0.3) is 10.0 Å². The Morgan fingerprint density at radius 1 is 0.897 bits per heavy atom. The summed E-state index contributed by atoms with van der Waals surface area (Å²) in [5.74, 6) is 0. The van der Waals surface area contributed by atoms with Gasteiger partial charge < -0.3 is 0 Å². The third-order valence-electron chi connectivity index (χ3n) is 3.71. The van der Waals surface area contributed by atoms with Crippen molar-refractivity contribution in [2.45, 2.75) is 20.9 Å².